The molecule has 0 fully saturated rings. The second-order valence-corrected chi connectivity index (χ2v) is 7.52. The molecule has 34 heavy (non-hydrogen) atoms. The van der Waals surface area contributed by atoms with Crippen LogP contribution in [-0.4, -0.2) is 11.5 Å². The number of hydrogen-bond donors (Lipinski definition) is 2. The second-order valence-electron chi connectivity index (χ2n) is 7.52. The highest BCUT2D eigenvalue weighted by Gasteiger charge is 2.30. The van der Waals surface area contributed by atoms with Crippen LogP contribution < -0.4 is 11.1 Å². The minimum Gasteiger partial charge on any atom is -0.444 e. The molecular weight excluding hydrogens is 446 g/mol. The van der Waals surface area contributed by atoms with Gasteiger partial charge in [0.15, 0.2) is 0 Å². The van der Waals surface area contributed by atoms with Crippen molar-refractivity contribution < 1.29 is 22.0 Å². The van der Waals surface area contributed by atoms with Crippen LogP contribution in [0, 0.1) is 5.82 Å². The summed E-state index contributed by atoms with van der Waals surface area (Å²) in [5.41, 5.74) is 7.07. The second kappa shape index (κ2) is 11.9. The molecule has 2 aromatic carbocycles. The van der Waals surface area contributed by atoms with Crippen molar-refractivity contribution in [1.29, 1.82) is 0 Å². The summed E-state index contributed by atoms with van der Waals surface area (Å²) < 4.78 is 57.2. The summed E-state index contributed by atoms with van der Waals surface area (Å²) in [5.74, 6) is -0.757. The predicted octanol–water partition coefficient (Wildman–Crippen LogP) is 6.52. The summed E-state index contributed by atoms with van der Waals surface area (Å²) in [6, 6.07) is 10.6. The number of unbranched alkanes of at least 4 members (excludes halogenated alkanes) is 1. The third kappa shape index (κ3) is 7.65. The molecule has 3 N–H and O–H groups in total. The SMILES string of the molecule is N/C=C\NCCCCc1ccc(/C=C/c2coc(/C=C/c3ccc(C(F)(F)F)cc3F)n2)cc1. The topological polar surface area (TPSA) is 64.1 Å². The van der Waals surface area contributed by atoms with Crippen molar-refractivity contribution >= 4 is 24.3 Å². The molecule has 0 amide bonds. The quantitative estimate of drug-likeness (QED) is 0.261. The molecular formula is C26H25F4N3O. The number of nitrogens with zero attached hydrogens (tertiary/aromatic N) is 1. The molecule has 8 heteroatoms. The number of aromatic nitrogens is 1. The van der Waals surface area contributed by atoms with Crippen molar-refractivity contribution in [1.82, 2.24) is 10.3 Å². The molecule has 0 aliphatic heterocycles. The number of aryl methyl sites for hydroxylation is 1. The summed E-state index contributed by atoms with van der Waals surface area (Å²) >= 11 is 0. The Morgan fingerprint density at radius 1 is 0.971 bits per heavy atom. The van der Waals surface area contributed by atoms with Crippen LogP contribution in [0.1, 0.15) is 46.7 Å². The molecule has 0 aliphatic rings. The highest BCUT2D eigenvalue weighted by Crippen LogP contribution is 2.30. The first-order chi connectivity index (χ1) is 16.3. The van der Waals surface area contributed by atoms with Crippen LogP contribution in [0.4, 0.5) is 17.6 Å². The molecule has 1 heterocycles. The van der Waals surface area contributed by atoms with E-state index in [-0.39, 0.29) is 11.5 Å². The third-order valence-electron chi connectivity index (χ3n) is 4.95. The van der Waals surface area contributed by atoms with Crippen LogP contribution in [0.15, 0.2) is 65.5 Å². The zero-order chi connectivity index (χ0) is 24.4. The molecule has 0 saturated heterocycles. The minimum atomic E-state index is -4.59. The number of halogens is 4. The standard InChI is InChI=1S/C26H25F4N3O/c27-24-17-22(26(28,29)30)11-9-21(24)10-13-25-33-23(18-34-25)12-8-20-6-4-19(5-7-20)3-1-2-15-32-16-14-31/h4-14,16-18,32H,1-3,15,31H2/b12-8+,13-10+,16-14-. The first-order valence-corrected chi connectivity index (χ1v) is 10.7. The van der Waals surface area contributed by atoms with E-state index in [1.165, 1.54) is 30.2 Å². The lowest BCUT2D eigenvalue weighted by Gasteiger charge is -2.07. The van der Waals surface area contributed by atoms with E-state index in [0.29, 0.717) is 11.8 Å². The summed E-state index contributed by atoms with van der Waals surface area (Å²) in [6.07, 6.45) is 9.59. The fourth-order valence-electron chi connectivity index (χ4n) is 3.14. The number of nitrogens with two attached hydrogens (primary N) is 1. The molecule has 0 saturated carbocycles. The Morgan fingerprint density at radius 2 is 1.76 bits per heavy atom. The number of nitrogens with one attached hydrogen (secondary N) is 1. The molecule has 3 aromatic rings. The molecule has 3 rings (SSSR count). The Kier molecular flexibility index (Phi) is 8.67. The van der Waals surface area contributed by atoms with Crippen molar-refractivity contribution in [2.24, 2.45) is 5.73 Å². The van der Waals surface area contributed by atoms with Gasteiger partial charge in [-0.1, -0.05) is 36.4 Å². The lowest BCUT2D eigenvalue weighted by atomic mass is 10.1. The number of benzene rings is 2. The van der Waals surface area contributed by atoms with Crippen LogP contribution in [-0.2, 0) is 12.6 Å². The molecule has 0 radical (unpaired) electrons. The van der Waals surface area contributed by atoms with Gasteiger partial charge in [-0.2, -0.15) is 13.2 Å². The number of hydrogen-bond acceptors (Lipinski definition) is 4. The molecule has 0 atom stereocenters. The van der Waals surface area contributed by atoms with Gasteiger partial charge in [-0.05, 0) is 54.7 Å². The van der Waals surface area contributed by atoms with Gasteiger partial charge < -0.3 is 15.5 Å². The van der Waals surface area contributed by atoms with E-state index in [9.17, 15) is 17.6 Å². The van der Waals surface area contributed by atoms with Gasteiger partial charge in [0.05, 0.1) is 5.56 Å². The normalized spacial score (nSPS) is 12.4. The first-order valence-electron chi connectivity index (χ1n) is 10.7. The maximum absolute atomic E-state index is 13.9. The zero-order valence-electron chi connectivity index (χ0n) is 18.4. The minimum absolute atomic E-state index is 0.00652. The molecule has 0 unspecified atom stereocenters. The summed E-state index contributed by atoms with van der Waals surface area (Å²) in [4.78, 5) is 4.25. The Morgan fingerprint density at radius 3 is 2.47 bits per heavy atom. The van der Waals surface area contributed by atoms with Gasteiger partial charge in [0, 0.05) is 30.6 Å². The maximum Gasteiger partial charge on any atom is 0.416 e. The smallest absolute Gasteiger partial charge is 0.416 e. The van der Waals surface area contributed by atoms with E-state index < -0.39 is 17.6 Å². The van der Waals surface area contributed by atoms with Crippen LogP contribution >= 0.6 is 0 Å². The van der Waals surface area contributed by atoms with Crippen LogP contribution in [0.2, 0.25) is 0 Å². The Labute approximate surface area is 195 Å². The lowest BCUT2D eigenvalue weighted by molar-refractivity contribution is -0.137. The van der Waals surface area contributed by atoms with Crippen LogP contribution in [0.5, 0.6) is 0 Å². The zero-order valence-corrected chi connectivity index (χ0v) is 18.4. The van der Waals surface area contributed by atoms with Gasteiger partial charge in [-0.25, -0.2) is 9.37 Å². The Balaban J connectivity index is 1.53. The number of oxazole rings is 1. The van der Waals surface area contributed by atoms with Gasteiger partial charge >= 0.3 is 6.18 Å². The summed E-state index contributed by atoms with van der Waals surface area (Å²) in [5, 5.41) is 3.10. The van der Waals surface area contributed by atoms with Gasteiger partial charge in [-0.15, -0.1) is 0 Å². The molecule has 1 aromatic heterocycles. The third-order valence-corrected chi connectivity index (χ3v) is 4.95. The number of alkyl halides is 3. The van der Waals surface area contributed by atoms with Crippen molar-refractivity contribution in [2.75, 3.05) is 6.54 Å². The molecule has 0 aliphatic carbocycles. The summed E-state index contributed by atoms with van der Waals surface area (Å²) in [6.45, 7) is 0.892. The van der Waals surface area contributed by atoms with Crippen molar-refractivity contribution in [3.05, 3.63) is 101 Å². The van der Waals surface area contributed by atoms with E-state index in [1.54, 1.807) is 12.3 Å². The largest absolute Gasteiger partial charge is 0.444 e. The maximum atomic E-state index is 13.9. The molecule has 0 spiro atoms. The van der Waals surface area contributed by atoms with E-state index in [1.807, 2.05) is 18.2 Å². The van der Waals surface area contributed by atoms with Crippen LogP contribution in [0.3, 0.4) is 0 Å². The average Bonchev–Trinajstić information content (AvgIpc) is 3.27. The first kappa shape index (κ1) is 24.8. The Bertz CT molecular complexity index is 1150. The monoisotopic (exact) mass is 471 g/mol. The van der Waals surface area contributed by atoms with Gasteiger partial charge in [0.25, 0.3) is 0 Å². The van der Waals surface area contributed by atoms with E-state index in [0.717, 1.165) is 43.5 Å². The summed E-state index contributed by atoms with van der Waals surface area (Å²) in [7, 11) is 0. The predicted molar refractivity (Wildman–Crippen MR) is 126 cm³/mol. The number of rotatable bonds is 10. The molecule has 4 nitrogen and oxygen atoms in total. The van der Waals surface area contributed by atoms with Crippen LogP contribution in [0.25, 0.3) is 24.3 Å². The average molecular weight is 471 g/mol. The van der Waals surface area contributed by atoms with Crippen molar-refractivity contribution in [3.63, 3.8) is 0 Å². The van der Waals surface area contributed by atoms with Crippen molar-refractivity contribution in [2.45, 2.75) is 25.4 Å². The lowest BCUT2D eigenvalue weighted by Crippen LogP contribution is -2.07. The fraction of sp³-hybridized carbons (Fsp3) is 0.192. The highest BCUT2D eigenvalue weighted by molar-refractivity contribution is 5.70. The van der Waals surface area contributed by atoms with Gasteiger partial charge in [-0.3, -0.25) is 0 Å². The van der Waals surface area contributed by atoms with E-state index in [2.05, 4.69) is 22.4 Å². The van der Waals surface area contributed by atoms with Gasteiger partial charge in [0.1, 0.15) is 17.8 Å². The van der Waals surface area contributed by atoms with Crippen molar-refractivity contribution in [3.8, 4) is 0 Å². The molecule has 0 bridgehead atoms. The fourth-order valence-corrected chi connectivity index (χ4v) is 3.14. The van der Waals surface area contributed by atoms with E-state index in [4.69, 9.17) is 10.2 Å². The van der Waals surface area contributed by atoms with E-state index >= 15 is 0 Å². The Hall–Kier alpha value is -3.81. The molecule has 178 valence electrons. The highest BCUT2D eigenvalue weighted by atomic mass is 19.4. The van der Waals surface area contributed by atoms with Gasteiger partial charge in [0.2, 0.25) is 5.89 Å².